The number of hydrogen-bond donors (Lipinski definition) is 1. The maximum atomic E-state index is 3.99. The zero-order valence-electron chi connectivity index (χ0n) is 13.4. The number of rotatable bonds is 6. The topological polar surface area (TPSA) is 12.0 Å². The second-order valence-electron chi connectivity index (χ2n) is 6.71. The predicted octanol–water partition coefficient (Wildman–Crippen LogP) is 5.33. The number of nitrogens with one attached hydrogen (secondary N) is 1. The summed E-state index contributed by atoms with van der Waals surface area (Å²) in [6.45, 7) is 7.01. The molecule has 1 nitrogen and oxygen atoms in total. The first-order chi connectivity index (χ1) is 9.72. The van der Waals surface area contributed by atoms with Crippen LogP contribution in [0.3, 0.4) is 0 Å². The molecular formula is C19H31N. The van der Waals surface area contributed by atoms with Crippen molar-refractivity contribution in [3.63, 3.8) is 0 Å². The smallest absolute Gasteiger partial charge is 0.0345 e. The van der Waals surface area contributed by atoms with Crippen LogP contribution in [0, 0.1) is 11.8 Å². The highest BCUT2D eigenvalue weighted by Crippen LogP contribution is 2.30. The molecule has 0 heterocycles. The summed E-state index contributed by atoms with van der Waals surface area (Å²) in [4.78, 5) is 0. The summed E-state index contributed by atoms with van der Waals surface area (Å²) in [6.07, 6.45) is 8.40. The third-order valence-electron chi connectivity index (χ3n) is 4.88. The Hall–Kier alpha value is -0.820. The minimum atomic E-state index is 0.489. The van der Waals surface area contributed by atoms with Crippen molar-refractivity contribution in [2.45, 2.75) is 71.4 Å². The molecule has 1 aromatic carbocycles. The Balaban J connectivity index is 2.06. The molecule has 1 aromatic rings. The molecule has 1 aliphatic carbocycles. The summed E-state index contributed by atoms with van der Waals surface area (Å²) in [7, 11) is 0. The van der Waals surface area contributed by atoms with E-state index in [9.17, 15) is 0 Å². The first-order valence-electron chi connectivity index (χ1n) is 8.53. The fourth-order valence-electron chi connectivity index (χ4n) is 3.69. The van der Waals surface area contributed by atoms with Gasteiger partial charge in [0.05, 0.1) is 0 Å². The molecule has 0 aromatic heterocycles. The molecule has 1 heteroatoms. The van der Waals surface area contributed by atoms with E-state index >= 15 is 0 Å². The van der Waals surface area contributed by atoms with Gasteiger partial charge in [0.25, 0.3) is 0 Å². The molecule has 2 unspecified atom stereocenters. The zero-order valence-corrected chi connectivity index (χ0v) is 13.4. The quantitative estimate of drug-likeness (QED) is 0.738. The van der Waals surface area contributed by atoms with E-state index in [2.05, 4.69) is 56.4 Å². The van der Waals surface area contributed by atoms with Gasteiger partial charge < -0.3 is 5.32 Å². The Kier molecular flexibility index (Phi) is 6.09. The third-order valence-corrected chi connectivity index (χ3v) is 4.88. The minimum absolute atomic E-state index is 0.489. The van der Waals surface area contributed by atoms with Crippen LogP contribution in [0.15, 0.2) is 30.3 Å². The lowest BCUT2D eigenvalue weighted by Gasteiger charge is -2.35. The van der Waals surface area contributed by atoms with Gasteiger partial charge in [-0.25, -0.2) is 0 Å². The molecule has 112 valence electrons. The van der Waals surface area contributed by atoms with Crippen LogP contribution in [0.2, 0.25) is 0 Å². The molecule has 0 bridgehead atoms. The second kappa shape index (κ2) is 7.83. The van der Waals surface area contributed by atoms with E-state index in [0.29, 0.717) is 18.0 Å². The monoisotopic (exact) mass is 273 g/mol. The molecular weight excluding hydrogens is 242 g/mol. The summed E-state index contributed by atoms with van der Waals surface area (Å²) in [5.74, 6) is 1.52. The van der Waals surface area contributed by atoms with Crippen LogP contribution in [0.25, 0.3) is 0 Å². The van der Waals surface area contributed by atoms with E-state index < -0.39 is 0 Å². The lowest BCUT2D eigenvalue weighted by Crippen LogP contribution is -2.40. The van der Waals surface area contributed by atoms with Gasteiger partial charge in [0.15, 0.2) is 0 Å². The summed E-state index contributed by atoms with van der Waals surface area (Å²) in [5, 5.41) is 3.99. The summed E-state index contributed by atoms with van der Waals surface area (Å²) in [6, 6.07) is 12.1. The maximum absolute atomic E-state index is 3.99. The molecule has 2 atom stereocenters. The Morgan fingerprint density at radius 1 is 1.05 bits per heavy atom. The summed E-state index contributed by atoms with van der Waals surface area (Å²) < 4.78 is 0. The fourth-order valence-corrected chi connectivity index (χ4v) is 3.69. The highest BCUT2D eigenvalue weighted by Gasteiger charge is 2.26. The van der Waals surface area contributed by atoms with Crippen molar-refractivity contribution in [1.29, 1.82) is 0 Å². The fraction of sp³-hybridized carbons (Fsp3) is 0.684. The lowest BCUT2D eigenvalue weighted by molar-refractivity contribution is 0.229. The van der Waals surface area contributed by atoms with Gasteiger partial charge in [-0.05, 0) is 36.7 Å². The molecule has 0 radical (unpaired) electrons. The molecule has 0 aliphatic heterocycles. The number of hydrogen-bond acceptors (Lipinski definition) is 1. The van der Waals surface area contributed by atoms with Crippen LogP contribution in [0.5, 0.6) is 0 Å². The van der Waals surface area contributed by atoms with Gasteiger partial charge in [0, 0.05) is 12.1 Å². The van der Waals surface area contributed by atoms with Crippen molar-refractivity contribution in [2.75, 3.05) is 0 Å². The van der Waals surface area contributed by atoms with Crippen LogP contribution >= 0.6 is 0 Å². The first-order valence-corrected chi connectivity index (χ1v) is 8.53. The molecule has 1 aliphatic rings. The second-order valence-corrected chi connectivity index (χ2v) is 6.71. The van der Waals surface area contributed by atoms with Crippen molar-refractivity contribution in [1.82, 2.24) is 5.32 Å². The van der Waals surface area contributed by atoms with Crippen LogP contribution < -0.4 is 5.32 Å². The molecule has 1 N–H and O–H groups in total. The Bertz CT molecular complexity index is 365. The molecule has 0 spiro atoms. The van der Waals surface area contributed by atoms with Gasteiger partial charge in [-0.15, -0.1) is 0 Å². The van der Waals surface area contributed by atoms with Gasteiger partial charge >= 0.3 is 0 Å². The van der Waals surface area contributed by atoms with Crippen LogP contribution in [-0.4, -0.2) is 6.04 Å². The maximum Gasteiger partial charge on any atom is 0.0345 e. The highest BCUT2D eigenvalue weighted by molar-refractivity contribution is 5.19. The van der Waals surface area contributed by atoms with Crippen molar-refractivity contribution >= 4 is 0 Å². The first kappa shape index (κ1) is 15.6. The molecule has 1 saturated carbocycles. The van der Waals surface area contributed by atoms with E-state index in [1.54, 1.807) is 0 Å². The molecule has 0 saturated heterocycles. The summed E-state index contributed by atoms with van der Waals surface area (Å²) >= 11 is 0. The van der Waals surface area contributed by atoms with Gasteiger partial charge in [0.1, 0.15) is 0 Å². The lowest BCUT2D eigenvalue weighted by atomic mass is 9.82. The van der Waals surface area contributed by atoms with Gasteiger partial charge in [-0.1, -0.05) is 70.4 Å². The Morgan fingerprint density at radius 3 is 2.25 bits per heavy atom. The summed E-state index contributed by atoms with van der Waals surface area (Å²) in [5.41, 5.74) is 1.44. The van der Waals surface area contributed by atoms with Crippen LogP contribution in [-0.2, 0) is 0 Å². The largest absolute Gasteiger partial charge is 0.307 e. The van der Waals surface area contributed by atoms with Gasteiger partial charge in [-0.3, -0.25) is 0 Å². The average molecular weight is 273 g/mol. The average Bonchev–Trinajstić information content (AvgIpc) is 2.50. The van der Waals surface area contributed by atoms with E-state index in [4.69, 9.17) is 0 Å². The predicted molar refractivity (Wildman–Crippen MR) is 87.8 cm³/mol. The van der Waals surface area contributed by atoms with E-state index in [-0.39, 0.29) is 0 Å². The molecule has 2 rings (SSSR count). The SMILES string of the molecule is CCC(NC(c1ccccc1)C(C)C)C1CCCCC1. The van der Waals surface area contributed by atoms with Crippen molar-refractivity contribution in [3.05, 3.63) is 35.9 Å². The van der Waals surface area contributed by atoms with E-state index in [1.807, 2.05) is 0 Å². The third kappa shape index (κ3) is 4.09. The van der Waals surface area contributed by atoms with Crippen LogP contribution in [0.4, 0.5) is 0 Å². The van der Waals surface area contributed by atoms with Gasteiger partial charge in [0.2, 0.25) is 0 Å². The molecule has 20 heavy (non-hydrogen) atoms. The Labute approximate surface area is 125 Å². The van der Waals surface area contributed by atoms with E-state index in [0.717, 1.165) is 5.92 Å². The van der Waals surface area contributed by atoms with E-state index in [1.165, 1.54) is 44.1 Å². The van der Waals surface area contributed by atoms with Crippen molar-refractivity contribution in [2.24, 2.45) is 11.8 Å². The minimum Gasteiger partial charge on any atom is -0.307 e. The standard InChI is InChI=1S/C19H31N/c1-4-18(16-11-7-5-8-12-16)20-19(15(2)3)17-13-9-6-10-14-17/h6,9-10,13-16,18-20H,4-5,7-8,11-12H2,1-3H3. The van der Waals surface area contributed by atoms with Crippen LogP contribution in [0.1, 0.15) is 70.9 Å². The van der Waals surface area contributed by atoms with Crippen molar-refractivity contribution < 1.29 is 0 Å². The molecule has 1 fully saturated rings. The van der Waals surface area contributed by atoms with Crippen molar-refractivity contribution in [3.8, 4) is 0 Å². The Morgan fingerprint density at radius 2 is 1.70 bits per heavy atom. The zero-order chi connectivity index (χ0) is 14.4. The van der Waals surface area contributed by atoms with Gasteiger partial charge in [-0.2, -0.15) is 0 Å². The highest BCUT2D eigenvalue weighted by atomic mass is 15.0. The normalized spacial score (nSPS) is 20.0. The molecule has 0 amide bonds. The number of benzene rings is 1.